The SMILES string of the molecule is CC(Sc1nnc(-c2cccs2)o1)C(=O)NC(=O)NC1CCCCC1. The molecule has 0 radical (unpaired) electrons. The van der Waals surface area contributed by atoms with E-state index >= 15 is 0 Å². The van der Waals surface area contributed by atoms with Gasteiger partial charge >= 0.3 is 6.03 Å². The van der Waals surface area contributed by atoms with Crippen LogP contribution in [0.25, 0.3) is 10.8 Å². The van der Waals surface area contributed by atoms with Gasteiger partial charge in [0.15, 0.2) is 0 Å². The zero-order valence-electron chi connectivity index (χ0n) is 13.9. The van der Waals surface area contributed by atoms with Crippen molar-refractivity contribution in [3.63, 3.8) is 0 Å². The minimum Gasteiger partial charge on any atom is -0.410 e. The molecule has 3 rings (SSSR count). The Morgan fingerprint density at radius 1 is 1.32 bits per heavy atom. The molecule has 0 aromatic carbocycles. The number of rotatable bonds is 5. The number of urea groups is 1. The van der Waals surface area contributed by atoms with Crippen LogP contribution in [0.3, 0.4) is 0 Å². The molecular formula is C16H20N4O3S2. The van der Waals surface area contributed by atoms with E-state index in [4.69, 9.17) is 4.42 Å². The highest BCUT2D eigenvalue weighted by Crippen LogP contribution is 2.28. The average Bonchev–Trinajstić information content (AvgIpc) is 3.26. The molecule has 1 aliphatic rings. The molecule has 0 aliphatic heterocycles. The second-order valence-electron chi connectivity index (χ2n) is 5.91. The largest absolute Gasteiger partial charge is 0.410 e. The van der Waals surface area contributed by atoms with E-state index in [1.807, 2.05) is 17.5 Å². The van der Waals surface area contributed by atoms with Gasteiger partial charge in [0.2, 0.25) is 5.91 Å². The number of aromatic nitrogens is 2. The summed E-state index contributed by atoms with van der Waals surface area (Å²) in [5.41, 5.74) is 0. The molecule has 1 unspecified atom stereocenters. The number of nitrogens with zero attached hydrogens (tertiary/aromatic N) is 2. The van der Waals surface area contributed by atoms with Gasteiger partial charge in [-0.15, -0.1) is 21.5 Å². The second-order valence-corrected chi connectivity index (χ2v) is 8.15. The molecule has 0 spiro atoms. The van der Waals surface area contributed by atoms with E-state index in [-0.39, 0.29) is 11.9 Å². The van der Waals surface area contributed by atoms with Crippen LogP contribution in [-0.2, 0) is 4.79 Å². The number of hydrogen-bond acceptors (Lipinski definition) is 7. The number of imide groups is 1. The maximum atomic E-state index is 12.2. The fourth-order valence-corrected chi connectivity index (χ4v) is 3.97. The highest BCUT2D eigenvalue weighted by atomic mass is 32.2. The third kappa shape index (κ3) is 5.05. The Hall–Kier alpha value is -1.87. The average molecular weight is 380 g/mol. The van der Waals surface area contributed by atoms with Gasteiger partial charge in [0.1, 0.15) is 0 Å². The van der Waals surface area contributed by atoms with Gasteiger partial charge in [-0.1, -0.05) is 37.1 Å². The molecular weight excluding hydrogens is 360 g/mol. The summed E-state index contributed by atoms with van der Waals surface area (Å²) < 4.78 is 5.55. The lowest BCUT2D eigenvalue weighted by molar-refractivity contribution is -0.119. The van der Waals surface area contributed by atoms with Crippen molar-refractivity contribution in [2.45, 2.75) is 55.5 Å². The Morgan fingerprint density at radius 3 is 2.84 bits per heavy atom. The number of carbonyl (C=O) groups is 2. The molecule has 2 N–H and O–H groups in total. The van der Waals surface area contributed by atoms with Crippen molar-refractivity contribution in [2.75, 3.05) is 0 Å². The van der Waals surface area contributed by atoms with Gasteiger partial charge in [-0.25, -0.2) is 4.79 Å². The zero-order chi connectivity index (χ0) is 17.6. The standard InChI is InChI=1S/C16H20N4O3S2/c1-10(13(21)18-15(22)17-11-6-3-2-4-7-11)25-16-20-19-14(23-16)12-8-5-9-24-12/h5,8-11H,2-4,6-7H2,1H3,(H2,17,18,21,22). The number of thioether (sulfide) groups is 1. The smallest absolute Gasteiger partial charge is 0.321 e. The Morgan fingerprint density at radius 2 is 2.12 bits per heavy atom. The van der Waals surface area contributed by atoms with Crippen LogP contribution in [0.15, 0.2) is 27.2 Å². The quantitative estimate of drug-likeness (QED) is 0.771. The molecule has 1 atom stereocenters. The number of thiophene rings is 1. The molecule has 9 heteroatoms. The van der Waals surface area contributed by atoms with Crippen molar-refractivity contribution in [3.05, 3.63) is 17.5 Å². The number of hydrogen-bond donors (Lipinski definition) is 2. The van der Waals surface area contributed by atoms with E-state index in [0.717, 1.165) is 42.3 Å². The van der Waals surface area contributed by atoms with Gasteiger partial charge < -0.3 is 9.73 Å². The molecule has 1 aliphatic carbocycles. The van der Waals surface area contributed by atoms with Crippen LogP contribution in [0, 0.1) is 0 Å². The van der Waals surface area contributed by atoms with E-state index in [1.54, 1.807) is 6.92 Å². The number of carbonyl (C=O) groups excluding carboxylic acids is 2. The van der Waals surface area contributed by atoms with Crippen LogP contribution in [0.1, 0.15) is 39.0 Å². The lowest BCUT2D eigenvalue weighted by Gasteiger charge is -2.22. The molecule has 1 fully saturated rings. The number of nitrogens with one attached hydrogen (secondary N) is 2. The lowest BCUT2D eigenvalue weighted by Crippen LogP contribution is -2.47. The molecule has 1 saturated carbocycles. The highest BCUT2D eigenvalue weighted by Gasteiger charge is 2.22. The number of amides is 3. The van der Waals surface area contributed by atoms with Crippen molar-refractivity contribution in [1.82, 2.24) is 20.8 Å². The first-order valence-electron chi connectivity index (χ1n) is 8.27. The van der Waals surface area contributed by atoms with Crippen LogP contribution in [-0.4, -0.2) is 33.4 Å². The normalized spacial score (nSPS) is 16.4. The monoisotopic (exact) mass is 380 g/mol. The Kier molecular flexibility index (Phi) is 6.09. The van der Waals surface area contributed by atoms with Gasteiger partial charge in [0.05, 0.1) is 10.1 Å². The van der Waals surface area contributed by atoms with E-state index in [1.165, 1.54) is 17.8 Å². The van der Waals surface area contributed by atoms with Crippen molar-refractivity contribution >= 4 is 35.0 Å². The first kappa shape index (κ1) is 17.9. The molecule has 3 amide bonds. The molecule has 0 bridgehead atoms. The van der Waals surface area contributed by atoms with Gasteiger partial charge in [-0.2, -0.15) is 0 Å². The van der Waals surface area contributed by atoms with E-state index in [2.05, 4.69) is 20.8 Å². The van der Waals surface area contributed by atoms with Gasteiger partial charge in [-0.3, -0.25) is 10.1 Å². The molecule has 0 saturated heterocycles. The molecule has 2 aromatic rings. The summed E-state index contributed by atoms with van der Waals surface area (Å²) >= 11 is 2.63. The van der Waals surface area contributed by atoms with Gasteiger partial charge in [0.25, 0.3) is 11.1 Å². The summed E-state index contributed by atoms with van der Waals surface area (Å²) in [6.07, 6.45) is 5.40. The predicted octanol–water partition coefficient (Wildman–Crippen LogP) is 3.44. The predicted molar refractivity (Wildman–Crippen MR) is 96.5 cm³/mol. The lowest BCUT2D eigenvalue weighted by atomic mass is 9.96. The van der Waals surface area contributed by atoms with Crippen molar-refractivity contribution in [1.29, 1.82) is 0 Å². The summed E-state index contributed by atoms with van der Waals surface area (Å²) in [5.74, 6) is 0.0503. The topological polar surface area (TPSA) is 97.1 Å². The molecule has 134 valence electrons. The summed E-state index contributed by atoms with van der Waals surface area (Å²) in [6.45, 7) is 1.70. The first-order chi connectivity index (χ1) is 12.1. The van der Waals surface area contributed by atoms with Gasteiger partial charge in [0, 0.05) is 6.04 Å². The molecule has 2 heterocycles. The molecule has 7 nitrogen and oxygen atoms in total. The van der Waals surface area contributed by atoms with Crippen molar-refractivity contribution in [2.24, 2.45) is 0 Å². The van der Waals surface area contributed by atoms with Crippen LogP contribution >= 0.6 is 23.1 Å². The van der Waals surface area contributed by atoms with E-state index in [9.17, 15) is 9.59 Å². The van der Waals surface area contributed by atoms with Crippen LogP contribution in [0.2, 0.25) is 0 Å². The summed E-state index contributed by atoms with van der Waals surface area (Å²) in [7, 11) is 0. The summed E-state index contributed by atoms with van der Waals surface area (Å²) in [4.78, 5) is 25.0. The first-order valence-corrected chi connectivity index (χ1v) is 10.0. The minimum absolute atomic E-state index is 0.161. The van der Waals surface area contributed by atoms with Crippen molar-refractivity contribution < 1.29 is 14.0 Å². The third-order valence-electron chi connectivity index (χ3n) is 3.96. The van der Waals surface area contributed by atoms with Crippen LogP contribution < -0.4 is 10.6 Å². The summed E-state index contributed by atoms with van der Waals surface area (Å²) in [5, 5.41) is 14.9. The van der Waals surface area contributed by atoms with E-state index < -0.39 is 11.3 Å². The Bertz CT molecular complexity index is 711. The summed E-state index contributed by atoms with van der Waals surface area (Å²) in [6, 6.07) is 3.51. The van der Waals surface area contributed by atoms with Crippen molar-refractivity contribution in [3.8, 4) is 10.8 Å². The van der Waals surface area contributed by atoms with E-state index in [0.29, 0.717) is 11.1 Å². The molecule has 25 heavy (non-hydrogen) atoms. The maximum absolute atomic E-state index is 12.2. The molecule has 2 aromatic heterocycles. The second kappa shape index (κ2) is 8.48. The fourth-order valence-electron chi connectivity index (χ4n) is 2.64. The fraction of sp³-hybridized carbons (Fsp3) is 0.500. The third-order valence-corrected chi connectivity index (χ3v) is 5.75. The van der Waals surface area contributed by atoms with Gasteiger partial charge in [-0.05, 0) is 31.2 Å². The van der Waals surface area contributed by atoms with Crippen LogP contribution in [0.5, 0.6) is 0 Å². The Balaban J connectivity index is 1.48. The van der Waals surface area contributed by atoms with Crippen LogP contribution in [0.4, 0.5) is 4.79 Å². The minimum atomic E-state index is -0.520. The zero-order valence-corrected chi connectivity index (χ0v) is 15.5. The Labute approximate surface area is 154 Å². The maximum Gasteiger partial charge on any atom is 0.321 e. The highest BCUT2D eigenvalue weighted by molar-refractivity contribution is 8.00.